The summed E-state index contributed by atoms with van der Waals surface area (Å²) in [5, 5.41) is 6.97. The van der Waals surface area contributed by atoms with Gasteiger partial charge in [0.2, 0.25) is 5.91 Å². The van der Waals surface area contributed by atoms with E-state index in [0.29, 0.717) is 20.8 Å². The zero-order valence-corrected chi connectivity index (χ0v) is 11.2. The molecular weight excluding hydrogens is 282 g/mol. The van der Waals surface area contributed by atoms with Gasteiger partial charge >= 0.3 is 0 Å². The Morgan fingerprint density at radius 1 is 1.24 bits per heavy atom. The summed E-state index contributed by atoms with van der Waals surface area (Å²) in [7, 11) is 0. The predicted molar refractivity (Wildman–Crippen MR) is 71.1 cm³/mol. The van der Waals surface area contributed by atoms with Crippen molar-refractivity contribution in [2.75, 3.05) is 11.9 Å². The van der Waals surface area contributed by atoms with Crippen LogP contribution < -0.4 is 10.6 Å². The number of nitrogens with one attached hydrogen (secondary N) is 2. The molecule has 1 unspecified atom stereocenters. The van der Waals surface area contributed by atoms with Crippen molar-refractivity contribution in [3.05, 3.63) is 27.2 Å². The van der Waals surface area contributed by atoms with E-state index >= 15 is 0 Å². The number of rotatable bonds is 2. The Morgan fingerprint density at radius 2 is 1.94 bits per heavy atom. The Bertz CT molecular complexity index is 445. The largest absolute Gasteiger partial charge is 0.323 e. The SMILES string of the molecule is O=C(Nc1cc(Cl)c(Cl)cc1Cl)C1CCCN1. The minimum atomic E-state index is -0.152. The van der Waals surface area contributed by atoms with Crippen molar-refractivity contribution in [3.63, 3.8) is 0 Å². The van der Waals surface area contributed by atoms with Gasteiger partial charge in [0, 0.05) is 0 Å². The first-order chi connectivity index (χ1) is 8.08. The second-order valence-corrected chi connectivity index (χ2v) is 5.11. The maximum atomic E-state index is 11.9. The van der Waals surface area contributed by atoms with Gasteiger partial charge in [-0.2, -0.15) is 0 Å². The Balaban J connectivity index is 2.12. The van der Waals surface area contributed by atoms with Crippen LogP contribution in [0.4, 0.5) is 5.69 Å². The van der Waals surface area contributed by atoms with Gasteiger partial charge < -0.3 is 10.6 Å². The van der Waals surface area contributed by atoms with Crippen molar-refractivity contribution >= 4 is 46.4 Å². The summed E-state index contributed by atoms with van der Waals surface area (Å²) in [6.07, 6.45) is 1.85. The molecule has 0 saturated carbocycles. The van der Waals surface area contributed by atoms with Crippen molar-refractivity contribution in [2.24, 2.45) is 0 Å². The quantitative estimate of drug-likeness (QED) is 0.821. The van der Waals surface area contributed by atoms with Crippen LogP contribution in [0.15, 0.2) is 12.1 Å². The van der Waals surface area contributed by atoms with Crippen LogP contribution in [0.1, 0.15) is 12.8 Å². The van der Waals surface area contributed by atoms with Crippen molar-refractivity contribution in [2.45, 2.75) is 18.9 Å². The van der Waals surface area contributed by atoms with Crippen LogP contribution in [0, 0.1) is 0 Å². The van der Waals surface area contributed by atoms with Crippen LogP contribution in [0.3, 0.4) is 0 Å². The molecule has 1 aromatic rings. The third-order valence-corrected chi connectivity index (χ3v) is 3.68. The Hall–Kier alpha value is -0.480. The molecule has 1 fully saturated rings. The average molecular weight is 294 g/mol. The van der Waals surface area contributed by atoms with Crippen LogP contribution in [0.25, 0.3) is 0 Å². The smallest absolute Gasteiger partial charge is 0.241 e. The Labute approximate surface area is 114 Å². The van der Waals surface area contributed by atoms with Gasteiger partial charge in [0.1, 0.15) is 0 Å². The first kappa shape index (κ1) is 13.0. The van der Waals surface area contributed by atoms with E-state index in [2.05, 4.69) is 10.6 Å². The predicted octanol–water partition coefficient (Wildman–Crippen LogP) is 3.34. The molecule has 92 valence electrons. The van der Waals surface area contributed by atoms with E-state index in [9.17, 15) is 4.79 Å². The molecule has 0 aromatic heterocycles. The van der Waals surface area contributed by atoms with Crippen molar-refractivity contribution in [1.29, 1.82) is 0 Å². The first-order valence-electron chi connectivity index (χ1n) is 5.26. The van der Waals surface area contributed by atoms with Crippen LogP contribution in [0.2, 0.25) is 15.1 Å². The number of carbonyl (C=O) groups is 1. The fourth-order valence-electron chi connectivity index (χ4n) is 1.75. The van der Waals surface area contributed by atoms with Gasteiger partial charge in [-0.15, -0.1) is 0 Å². The van der Waals surface area contributed by atoms with Crippen LogP contribution in [-0.2, 0) is 4.79 Å². The van der Waals surface area contributed by atoms with Crippen LogP contribution in [-0.4, -0.2) is 18.5 Å². The zero-order chi connectivity index (χ0) is 12.4. The number of benzene rings is 1. The molecule has 1 atom stereocenters. The van der Waals surface area contributed by atoms with E-state index in [4.69, 9.17) is 34.8 Å². The van der Waals surface area contributed by atoms with E-state index in [0.717, 1.165) is 19.4 Å². The minimum absolute atomic E-state index is 0.0946. The van der Waals surface area contributed by atoms with Gasteiger partial charge in [-0.1, -0.05) is 34.8 Å². The van der Waals surface area contributed by atoms with E-state index in [1.165, 1.54) is 6.07 Å². The summed E-state index contributed by atoms with van der Waals surface area (Å²) in [6, 6.07) is 2.92. The highest BCUT2D eigenvalue weighted by molar-refractivity contribution is 6.44. The highest BCUT2D eigenvalue weighted by Gasteiger charge is 2.22. The fourth-order valence-corrected chi connectivity index (χ4v) is 2.34. The van der Waals surface area contributed by atoms with Gasteiger partial charge in [0.15, 0.2) is 0 Å². The van der Waals surface area contributed by atoms with Gasteiger partial charge in [-0.25, -0.2) is 0 Å². The van der Waals surface area contributed by atoms with E-state index in [1.54, 1.807) is 6.07 Å². The lowest BCUT2D eigenvalue weighted by atomic mass is 10.2. The molecule has 1 aliphatic heterocycles. The summed E-state index contributed by atoms with van der Waals surface area (Å²) in [5.74, 6) is -0.0946. The fraction of sp³-hybridized carbons (Fsp3) is 0.364. The van der Waals surface area contributed by atoms with Crippen molar-refractivity contribution in [1.82, 2.24) is 5.32 Å². The lowest BCUT2D eigenvalue weighted by molar-refractivity contribution is -0.117. The molecule has 0 radical (unpaired) electrons. The highest BCUT2D eigenvalue weighted by atomic mass is 35.5. The summed E-state index contributed by atoms with van der Waals surface area (Å²) >= 11 is 17.7. The van der Waals surface area contributed by atoms with Gasteiger partial charge in [0.05, 0.1) is 26.8 Å². The second-order valence-electron chi connectivity index (χ2n) is 3.88. The molecule has 3 nitrogen and oxygen atoms in total. The summed E-state index contributed by atoms with van der Waals surface area (Å²) in [4.78, 5) is 11.9. The number of carbonyl (C=O) groups excluding carboxylic acids is 1. The van der Waals surface area contributed by atoms with E-state index in [1.807, 2.05) is 0 Å². The molecule has 0 aliphatic carbocycles. The molecule has 1 amide bonds. The monoisotopic (exact) mass is 292 g/mol. The maximum Gasteiger partial charge on any atom is 0.241 e. The van der Waals surface area contributed by atoms with Gasteiger partial charge in [-0.3, -0.25) is 4.79 Å². The standard InChI is InChI=1S/C11H11Cl3N2O/c12-6-4-8(14)10(5-7(6)13)16-11(17)9-2-1-3-15-9/h4-5,9,15H,1-3H2,(H,16,17). The van der Waals surface area contributed by atoms with Gasteiger partial charge in [0.25, 0.3) is 0 Å². The molecule has 1 saturated heterocycles. The summed E-state index contributed by atoms with van der Waals surface area (Å²) in [5.41, 5.74) is 0.486. The summed E-state index contributed by atoms with van der Waals surface area (Å²) in [6.45, 7) is 0.868. The molecule has 2 N–H and O–H groups in total. The molecule has 0 bridgehead atoms. The number of anilines is 1. The van der Waals surface area contributed by atoms with E-state index in [-0.39, 0.29) is 11.9 Å². The highest BCUT2D eigenvalue weighted by Crippen LogP contribution is 2.32. The zero-order valence-electron chi connectivity index (χ0n) is 8.90. The number of hydrogen-bond acceptors (Lipinski definition) is 2. The molecule has 1 heterocycles. The molecule has 6 heteroatoms. The average Bonchev–Trinajstić information content (AvgIpc) is 2.79. The number of hydrogen-bond donors (Lipinski definition) is 2. The van der Waals surface area contributed by atoms with Gasteiger partial charge in [-0.05, 0) is 31.5 Å². The normalized spacial score (nSPS) is 19.4. The van der Waals surface area contributed by atoms with Crippen LogP contribution >= 0.6 is 34.8 Å². The van der Waals surface area contributed by atoms with Crippen LogP contribution in [0.5, 0.6) is 0 Å². The number of halogens is 3. The molecule has 1 aliphatic rings. The lowest BCUT2D eigenvalue weighted by Gasteiger charge is -2.12. The molecule has 1 aromatic carbocycles. The third-order valence-electron chi connectivity index (χ3n) is 2.64. The van der Waals surface area contributed by atoms with Crippen molar-refractivity contribution in [3.8, 4) is 0 Å². The molecular formula is C11H11Cl3N2O. The molecule has 0 spiro atoms. The second kappa shape index (κ2) is 5.44. The molecule has 17 heavy (non-hydrogen) atoms. The molecule has 2 rings (SSSR count). The summed E-state index contributed by atoms with van der Waals surface area (Å²) < 4.78 is 0. The first-order valence-corrected chi connectivity index (χ1v) is 6.40. The third kappa shape index (κ3) is 3.05. The maximum absolute atomic E-state index is 11.9. The van der Waals surface area contributed by atoms with Crippen molar-refractivity contribution < 1.29 is 4.79 Å². The van der Waals surface area contributed by atoms with E-state index < -0.39 is 0 Å². The topological polar surface area (TPSA) is 41.1 Å². The Morgan fingerprint density at radius 3 is 2.59 bits per heavy atom. The Kier molecular flexibility index (Phi) is 4.15. The number of amides is 1. The lowest BCUT2D eigenvalue weighted by Crippen LogP contribution is -2.35. The minimum Gasteiger partial charge on any atom is -0.323 e.